The maximum absolute atomic E-state index is 12.7. The molecule has 0 radical (unpaired) electrons. The van der Waals surface area contributed by atoms with E-state index in [9.17, 15) is 9.59 Å². The molecule has 0 saturated heterocycles. The van der Waals surface area contributed by atoms with Crippen LogP contribution in [0.4, 0.5) is 11.4 Å². The Kier molecular flexibility index (Phi) is 7.64. The maximum atomic E-state index is 12.7. The largest absolute Gasteiger partial charge is 0.494 e. The van der Waals surface area contributed by atoms with E-state index in [4.69, 9.17) is 48.7 Å². The van der Waals surface area contributed by atoms with Crippen LogP contribution in [0.3, 0.4) is 0 Å². The summed E-state index contributed by atoms with van der Waals surface area (Å²) in [5, 5.41) is 7.22. The average molecular weight is 548 g/mol. The van der Waals surface area contributed by atoms with E-state index in [1.54, 1.807) is 44.2 Å². The van der Waals surface area contributed by atoms with Gasteiger partial charge < -0.3 is 24.5 Å². The number of furan rings is 1. The number of benzene rings is 3. The molecule has 0 spiro atoms. The summed E-state index contributed by atoms with van der Waals surface area (Å²) in [5.41, 5.74) is 2.67. The summed E-state index contributed by atoms with van der Waals surface area (Å²) < 4.78 is 16.6. The second-order valence-corrected chi connectivity index (χ2v) is 9.01. The molecule has 0 atom stereocenters. The smallest absolute Gasteiger partial charge is 0.291 e. The normalized spacial score (nSPS) is 10.8. The molecular formula is C26H21Cl3N2O5. The van der Waals surface area contributed by atoms with Gasteiger partial charge >= 0.3 is 0 Å². The fourth-order valence-corrected chi connectivity index (χ4v) is 4.34. The molecule has 0 bridgehead atoms. The monoisotopic (exact) mass is 546 g/mol. The minimum absolute atomic E-state index is 0.165. The number of methoxy groups -OCH3 is 1. The van der Waals surface area contributed by atoms with Crippen LogP contribution in [0.1, 0.15) is 21.7 Å². The Labute approximate surface area is 222 Å². The van der Waals surface area contributed by atoms with Crippen molar-refractivity contribution in [2.45, 2.75) is 13.8 Å². The van der Waals surface area contributed by atoms with E-state index in [2.05, 4.69) is 10.6 Å². The number of carbonyl (C=O) groups is 2. The first-order valence-electron chi connectivity index (χ1n) is 10.7. The number of para-hydroxylation sites is 1. The predicted molar refractivity (Wildman–Crippen MR) is 142 cm³/mol. The van der Waals surface area contributed by atoms with E-state index in [1.807, 2.05) is 18.2 Å². The number of carbonyl (C=O) groups excluding carboxylic acids is 2. The number of ether oxygens (including phenoxy) is 2. The van der Waals surface area contributed by atoms with Gasteiger partial charge in [-0.05, 0) is 49.2 Å². The summed E-state index contributed by atoms with van der Waals surface area (Å²) in [7, 11) is 1.45. The van der Waals surface area contributed by atoms with Crippen molar-refractivity contribution in [1.29, 1.82) is 0 Å². The van der Waals surface area contributed by atoms with Gasteiger partial charge in [-0.2, -0.15) is 0 Å². The number of amides is 2. The van der Waals surface area contributed by atoms with Crippen molar-refractivity contribution in [1.82, 2.24) is 0 Å². The third-order valence-corrected chi connectivity index (χ3v) is 6.92. The summed E-state index contributed by atoms with van der Waals surface area (Å²) in [6.07, 6.45) is 0. The third kappa shape index (κ3) is 5.23. The molecule has 1 aromatic heterocycles. The summed E-state index contributed by atoms with van der Waals surface area (Å²) in [6, 6.07) is 13.8. The zero-order chi connectivity index (χ0) is 26.0. The second-order valence-electron chi connectivity index (χ2n) is 7.88. The van der Waals surface area contributed by atoms with Crippen molar-refractivity contribution in [2.24, 2.45) is 0 Å². The lowest BCUT2D eigenvalue weighted by molar-refractivity contribution is -0.118. The Morgan fingerprint density at radius 3 is 2.28 bits per heavy atom. The van der Waals surface area contributed by atoms with Crippen molar-refractivity contribution in [3.63, 3.8) is 0 Å². The minimum atomic E-state index is -0.450. The molecule has 36 heavy (non-hydrogen) atoms. The zero-order valence-electron chi connectivity index (χ0n) is 19.5. The number of nitrogens with one attached hydrogen (secondary N) is 2. The van der Waals surface area contributed by atoms with Crippen LogP contribution in [0.2, 0.25) is 15.1 Å². The summed E-state index contributed by atoms with van der Waals surface area (Å²) in [4.78, 5) is 25.2. The van der Waals surface area contributed by atoms with Gasteiger partial charge in [-0.1, -0.05) is 53.0 Å². The van der Waals surface area contributed by atoms with Gasteiger partial charge in [0.25, 0.3) is 11.8 Å². The third-order valence-electron chi connectivity index (χ3n) is 5.45. The Hall–Kier alpha value is -3.39. The molecule has 7 nitrogen and oxygen atoms in total. The molecule has 4 aromatic rings. The molecule has 0 aliphatic carbocycles. The molecule has 0 aliphatic heterocycles. The average Bonchev–Trinajstić information content (AvgIpc) is 3.32. The molecule has 4 rings (SSSR count). The molecular weight excluding hydrogens is 527 g/mol. The van der Waals surface area contributed by atoms with E-state index in [0.717, 1.165) is 5.39 Å². The highest BCUT2D eigenvalue weighted by Crippen LogP contribution is 2.42. The van der Waals surface area contributed by atoms with Crippen molar-refractivity contribution in [3.8, 4) is 11.5 Å². The van der Waals surface area contributed by atoms with Crippen LogP contribution in [0.5, 0.6) is 11.5 Å². The number of anilines is 2. The van der Waals surface area contributed by atoms with Gasteiger partial charge in [0, 0.05) is 22.2 Å². The molecule has 2 N–H and O–H groups in total. The predicted octanol–water partition coefficient (Wildman–Crippen LogP) is 7.29. The Morgan fingerprint density at radius 2 is 1.61 bits per heavy atom. The summed E-state index contributed by atoms with van der Waals surface area (Å²) >= 11 is 18.8. The van der Waals surface area contributed by atoms with E-state index in [-0.39, 0.29) is 28.2 Å². The Balaban J connectivity index is 1.43. The van der Waals surface area contributed by atoms with Gasteiger partial charge in [0.1, 0.15) is 11.3 Å². The van der Waals surface area contributed by atoms with Crippen molar-refractivity contribution >= 4 is 69.0 Å². The lowest BCUT2D eigenvalue weighted by atomic mass is 10.1. The second kappa shape index (κ2) is 10.7. The standard InChI is InChI=1S/C26H21Cl3N2O5/c1-13-22(27)14(2)24(29)25(23(13)28)35-12-21(32)30-16-8-9-17(19(11-16)34-3)31-26(33)20-10-15-6-4-5-7-18(15)36-20/h4-11H,12H2,1-3H3,(H,30,32)(H,31,33). The molecule has 3 aromatic carbocycles. The van der Waals surface area contributed by atoms with Crippen molar-refractivity contribution < 1.29 is 23.5 Å². The molecule has 0 saturated carbocycles. The van der Waals surface area contributed by atoms with Crippen LogP contribution in [0.15, 0.2) is 52.9 Å². The molecule has 10 heteroatoms. The van der Waals surface area contributed by atoms with Crippen LogP contribution >= 0.6 is 34.8 Å². The molecule has 1 heterocycles. The zero-order valence-corrected chi connectivity index (χ0v) is 21.8. The SMILES string of the molecule is COc1cc(NC(=O)COc2c(Cl)c(C)c(Cl)c(C)c2Cl)ccc1NC(=O)c1cc2ccccc2o1. The number of halogens is 3. The van der Waals surface area contributed by atoms with Crippen molar-refractivity contribution in [2.75, 3.05) is 24.4 Å². The van der Waals surface area contributed by atoms with Gasteiger partial charge in [0.05, 0.1) is 22.8 Å². The number of rotatable bonds is 7. The maximum Gasteiger partial charge on any atom is 0.291 e. The highest BCUT2D eigenvalue weighted by atomic mass is 35.5. The van der Waals surface area contributed by atoms with Crippen LogP contribution in [-0.2, 0) is 4.79 Å². The van der Waals surface area contributed by atoms with Crippen LogP contribution in [0, 0.1) is 13.8 Å². The first-order valence-corrected chi connectivity index (χ1v) is 11.9. The highest BCUT2D eigenvalue weighted by Gasteiger charge is 2.19. The highest BCUT2D eigenvalue weighted by molar-refractivity contribution is 6.42. The van der Waals surface area contributed by atoms with Crippen LogP contribution < -0.4 is 20.1 Å². The van der Waals surface area contributed by atoms with Gasteiger partial charge in [0.2, 0.25) is 0 Å². The van der Waals surface area contributed by atoms with E-state index in [1.165, 1.54) is 7.11 Å². The topological polar surface area (TPSA) is 89.8 Å². The minimum Gasteiger partial charge on any atom is -0.494 e. The molecule has 0 fully saturated rings. The lowest BCUT2D eigenvalue weighted by Crippen LogP contribution is -2.20. The quantitative estimate of drug-likeness (QED) is 0.254. The first-order chi connectivity index (χ1) is 17.2. The van der Waals surface area contributed by atoms with E-state index in [0.29, 0.717) is 38.9 Å². The van der Waals surface area contributed by atoms with Crippen LogP contribution in [-0.4, -0.2) is 25.5 Å². The van der Waals surface area contributed by atoms with Crippen LogP contribution in [0.25, 0.3) is 11.0 Å². The molecule has 2 amide bonds. The summed E-state index contributed by atoms with van der Waals surface area (Å²) in [6.45, 7) is 3.14. The first kappa shape index (κ1) is 25.7. The van der Waals surface area contributed by atoms with Crippen molar-refractivity contribution in [3.05, 3.63) is 80.5 Å². The lowest BCUT2D eigenvalue weighted by Gasteiger charge is -2.16. The Morgan fingerprint density at radius 1 is 0.917 bits per heavy atom. The number of fused-ring (bicyclic) bond motifs is 1. The van der Waals surface area contributed by atoms with Gasteiger partial charge in [-0.3, -0.25) is 9.59 Å². The molecule has 0 aliphatic rings. The van der Waals surface area contributed by atoms with Gasteiger partial charge in [-0.15, -0.1) is 0 Å². The Bertz CT molecular complexity index is 1420. The molecule has 186 valence electrons. The van der Waals surface area contributed by atoms with Gasteiger partial charge in [0.15, 0.2) is 18.1 Å². The van der Waals surface area contributed by atoms with Gasteiger partial charge in [-0.25, -0.2) is 0 Å². The fraction of sp³-hybridized carbons (Fsp3) is 0.154. The fourth-order valence-electron chi connectivity index (χ4n) is 3.52. The van der Waals surface area contributed by atoms with E-state index >= 15 is 0 Å². The number of hydrogen-bond acceptors (Lipinski definition) is 5. The molecule has 0 unspecified atom stereocenters. The van der Waals surface area contributed by atoms with E-state index < -0.39 is 11.8 Å². The summed E-state index contributed by atoms with van der Waals surface area (Å²) in [5.74, 6) is -0.189. The number of hydrogen-bond donors (Lipinski definition) is 2.